The maximum absolute atomic E-state index is 11.1. The van der Waals surface area contributed by atoms with Crippen LogP contribution in [0.3, 0.4) is 0 Å². The van der Waals surface area contributed by atoms with Crippen molar-refractivity contribution in [3.63, 3.8) is 0 Å². The van der Waals surface area contributed by atoms with Crippen LogP contribution in [0.1, 0.15) is 57.8 Å². The van der Waals surface area contributed by atoms with E-state index >= 15 is 0 Å². The van der Waals surface area contributed by atoms with E-state index in [2.05, 4.69) is 10.1 Å². The Morgan fingerprint density at radius 2 is 2.06 bits per heavy atom. The zero-order chi connectivity index (χ0) is 11.4. The number of esters is 1. The minimum atomic E-state index is -0.0774. The summed E-state index contributed by atoms with van der Waals surface area (Å²) in [5, 5.41) is 3.78. The molecule has 1 spiro atoms. The lowest BCUT2D eigenvalue weighted by Gasteiger charge is -2.34. The topological polar surface area (TPSA) is 38.3 Å². The summed E-state index contributed by atoms with van der Waals surface area (Å²) in [4.78, 5) is 11.1. The van der Waals surface area contributed by atoms with Crippen molar-refractivity contribution < 1.29 is 9.53 Å². The molecule has 0 amide bonds. The van der Waals surface area contributed by atoms with E-state index in [1.165, 1.54) is 52.1 Å². The van der Waals surface area contributed by atoms with Crippen LogP contribution >= 0.6 is 0 Å². The van der Waals surface area contributed by atoms with Crippen molar-refractivity contribution in [3.05, 3.63) is 0 Å². The Bertz CT molecular complexity index is 246. The SMILES string of the molecule is COC(=O)CCC1CCC2(CCCCC2)N1. The van der Waals surface area contributed by atoms with Gasteiger partial charge in [-0.2, -0.15) is 0 Å². The Morgan fingerprint density at radius 3 is 2.75 bits per heavy atom. The lowest BCUT2D eigenvalue weighted by Crippen LogP contribution is -2.44. The number of methoxy groups -OCH3 is 1. The van der Waals surface area contributed by atoms with E-state index in [1.54, 1.807) is 0 Å². The van der Waals surface area contributed by atoms with Gasteiger partial charge in [0.1, 0.15) is 0 Å². The van der Waals surface area contributed by atoms with Crippen LogP contribution in [0.2, 0.25) is 0 Å². The van der Waals surface area contributed by atoms with Crippen LogP contribution in [0.25, 0.3) is 0 Å². The van der Waals surface area contributed by atoms with Crippen molar-refractivity contribution in [2.24, 2.45) is 0 Å². The van der Waals surface area contributed by atoms with Crippen molar-refractivity contribution in [2.75, 3.05) is 7.11 Å². The highest BCUT2D eigenvalue weighted by Gasteiger charge is 2.38. The molecule has 1 saturated heterocycles. The average Bonchev–Trinajstić information content (AvgIpc) is 2.70. The first kappa shape index (κ1) is 11.9. The lowest BCUT2D eigenvalue weighted by atomic mass is 9.81. The Labute approximate surface area is 97.9 Å². The highest BCUT2D eigenvalue weighted by Crippen LogP contribution is 2.37. The molecule has 0 aromatic rings. The molecule has 1 N–H and O–H groups in total. The normalized spacial score (nSPS) is 28.2. The molecule has 2 aliphatic rings. The van der Waals surface area contributed by atoms with Gasteiger partial charge in [-0.1, -0.05) is 19.3 Å². The lowest BCUT2D eigenvalue weighted by molar-refractivity contribution is -0.140. The smallest absolute Gasteiger partial charge is 0.305 e. The zero-order valence-electron chi connectivity index (χ0n) is 10.3. The molecule has 3 nitrogen and oxygen atoms in total. The van der Waals surface area contributed by atoms with Gasteiger partial charge in [-0.05, 0) is 32.1 Å². The number of carbonyl (C=O) groups excluding carboxylic acids is 1. The fourth-order valence-corrected chi connectivity index (χ4v) is 3.26. The van der Waals surface area contributed by atoms with E-state index in [-0.39, 0.29) is 5.97 Å². The maximum atomic E-state index is 11.1. The summed E-state index contributed by atoms with van der Waals surface area (Å²) in [7, 11) is 1.47. The highest BCUT2D eigenvalue weighted by atomic mass is 16.5. The Morgan fingerprint density at radius 1 is 1.31 bits per heavy atom. The number of ether oxygens (including phenoxy) is 1. The number of nitrogens with one attached hydrogen (secondary N) is 1. The van der Waals surface area contributed by atoms with Gasteiger partial charge in [-0.25, -0.2) is 0 Å². The standard InChI is InChI=1S/C13H23NO2/c1-16-12(15)6-5-11-7-10-13(14-11)8-3-2-4-9-13/h11,14H,2-10H2,1H3. The molecule has 0 radical (unpaired) electrons. The summed E-state index contributed by atoms with van der Waals surface area (Å²) < 4.78 is 4.68. The first-order valence-corrected chi connectivity index (χ1v) is 6.59. The summed E-state index contributed by atoms with van der Waals surface area (Å²) in [6.45, 7) is 0. The van der Waals surface area contributed by atoms with Crippen LogP contribution in [-0.4, -0.2) is 24.7 Å². The number of carbonyl (C=O) groups is 1. The van der Waals surface area contributed by atoms with Gasteiger partial charge in [0.15, 0.2) is 0 Å². The monoisotopic (exact) mass is 225 g/mol. The van der Waals surface area contributed by atoms with E-state index in [4.69, 9.17) is 0 Å². The Hall–Kier alpha value is -0.570. The van der Waals surface area contributed by atoms with E-state index in [9.17, 15) is 4.79 Å². The second-order valence-electron chi connectivity index (χ2n) is 5.34. The molecule has 1 aliphatic carbocycles. The van der Waals surface area contributed by atoms with Crippen molar-refractivity contribution >= 4 is 5.97 Å². The van der Waals surface area contributed by atoms with Crippen LogP contribution in [0.5, 0.6) is 0 Å². The molecule has 1 unspecified atom stereocenters. The maximum Gasteiger partial charge on any atom is 0.305 e. The summed E-state index contributed by atoms with van der Waals surface area (Å²) in [6, 6.07) is 0.539. The van der Waals surface area contributed by atoms with Gasteiger partial charge in [0, 0.05) is 18.0 Å². The quantitative estimate of drug-likeness (QED) is 0.749. The molecule has 16 heavy (non-hydrogen) atoms. The third-order valence-electron chi connectivity index (χ3n) is 4.22. The summed E-state index contributed by atoms with van der Waals surface area (Å²) in [5.74, 6) is -0.0774. The predicted molar refractivity (Wildman–Crippen MR) is 63.2 cm³/mol. The van der Waals surface area contributed by atoms with Crippen molar-refractivity contribution in [1.82, 2.24) is 5.32 Å². The Kier molecular flexibility index (Phi) is 3.85. The zero-order valence-corrected chi connectivity index (χ0v) is 10.3. The van der Waals surface area contributed by atoms with Crippen molar-refractivity contribution in [2.45, 2.75) is 69.4 Å². The fourth-order valence-electron chi connectivity index (χ4n) is 3.26. The molecule has 1 atom stereocenters. The molecule has 2 rings (SSSR count). The van der Waals surface area contributed by atoms with Crippen LogP contribution in [0, 0.1) is 0 Å². The molecular formula is C13H23NO2. The van der Waals surface area contributed by atoms with Crippen LogP contribution in [-0.2, 0) is 9.53 Å². The van der Waals surface area contributed by atoms with E-state index in [0.29, 0.717) is 18.0 Å². The number of hydrogen-bond acceptors (Lipinski definition) is 3. The summed E-state index contributed by atoms with van der Waals surface area (Å²) in [6.07, 6.45) is 10.8. The molecule has 1 heterocycles. The van der Waals surface area contributed by atoms with Gasteiger partial charge >= 0.3 is 5.97 Å². The molecule has 1 aliphatic heterocycles. The van der Waals surface area contributed by atoms with Gasteiger partial charge in [0.25, 0.3) is 0 Å². The highest BCUT2D eigenvalue weighted by molar-refractivity contribution is 5.69. The fraction of sp³-hybridized carbons (Fsp3) is 0.923. The van der Waals surface area contributed by atoms with Crippen LogP contribution in [0.4, 0.5) is 0 Å². The van der Waals surface area contributed by atoms with Gasteiger partial charge in [0.05, 0.1) is 7.11 Å². The van der Waals surface area contributed by atoms with Crippen LogP contribution < -0.4 is 5.32 Å². The first-order valence-electron chi connectivity index (χ1n) is 6.59. The number of hydrogen-bond donors (Lipinski definition) is 1. The molecule has 1 saturated carbocycles. The molecule has 0 aromatic heterocycles. The molecule has 0 aromatic carbocycles. The minimum absolute atomic E-state index is 0.0774. The van der Waals surface area contributed by atoms with Crippen molar-refractivity contribution in [3.8, 4) is 0 Å². The number of rotatable bonds is 3. The molecule has 0 bridgehead atoms. The first-order chi connectivity index (χ1) is 7.74. The van der Waals surface area contributed by atoms with Gasteiger partial charge < -0.3 is 10.1 Å². The minimum Gasteiger partial charge on any atom is -0.469 e. The Balaban J connectivity index is 1.76. The van der Waals surface area contributed by atoms with Gasteiger partial charge in [-0.3, -0.25) is 4.79 Å². The largest absolute Gasteiger partial charge is 0.469 e. The van der Waals surface area contributed by atoms with Gasteiger partial charge in [-0.15, -0.1) is 0 Å². The van der Waals surface area contributed by atoms with E-state index in [1.807, 2.05) is 0 Å². The van der Waals surface area contributed by atoms with E-state index < -0.39 is 0 Å². The molecule has 3 heteroatoms. The molecular weight excluding hydrogens is 202 g/mol. The third-order valence-corrected chi connectivity index (χ3v) is 4.22. The summed E-state index contributed by atoms with van der Waals surface area (Å²) in [5.41, 5.74) is 0.430. The van der Waals surface area contributed by atoms with E-state index in [0.717, 1.165) is 6.42 Å². The summed E-state index contributed by atoms with van der Waals surface area (Å²) >= 11 is 0. The second kappa shape index (κ2) is 5.17. The van der Waals surface area contributed by atoms with Crippen molar-refractivity contribution in [1.29, 1.82) is 0 Å². The third kappa shape index (κ3) is 2.76. The van der Waals surface area contributed by atoms with Gasteiger partial charge in [0.2, 0.25) is 0 Å². The average molecular weight is 225 g/mol. The molecule has 2 fully saturated rings. The van der Waals surface area contributed by atoms with Crippen LogP contribution in [0.15, 0.2) is 0 Å². The second-order valence-corrected chi connectivity index (χ2v) is 5.34. The predicted octanol–water partition coefficient (Wildman–Crippen LogP) is 2.39. The molecule has 92 valence electrons.